The molecule has 2 aromatic carbocycles. The van der Waals surface area contributed by atoms with Crippen molar-refractivity contribution in [3.05, 3.63) is 47.5 Å². The molecule has 0 fully saturated rings. The number of phenols is 2. The zero-order valence-electron chi connectivity index (χ0n) is 22.5. The van der Waals surface area contributed by atoms with Crippen LogP contribution >= 0.6 is 0 Å². The highest BCUT2D eigenvalue weighted by atomic mass is 16.5. The lowest BCUT2D eigenvalue weighted by atomic mass is 9.99. The number of aryl methyl sites for hydroxylation is 2. The molecule has 0 aliphatic carbocycles. The van der Waals surface area contributed by atoms with E-state index in [-0.39, 0.29) is 35.9 Å². The number of carbonyl (C=O) groups excluding carboxylic acids is 2. The molecule has 0 aromatic heterocycles. The topological polar surface area (TPSA) is 134 Å². The van der Waals surface area contributed by atoms with E-state index in [1.54, 1.807) is 36.4 Å². The first-order valence-corrected chi connectivity index (χ1v) is 13.3. The van der Waals surface area contributed by atoms with E-state index >= 15 is 0 Å². The zero-order chi connectivity index (χ0) is 27.9. The Morgan fingerprint density at radius 1 is 0.684 bits per heavy atom. The standard InChI is InChI=1S/C30H42O8/c1-37-29-17-21(11-15-27(29)35)9-13-25(33)19-23(31)7-5-3-4-6-8-24(32)20-26(34)14-10-22-12-16-28(36)30(18-22)38-2/h11-12,15-18,23-24,31-32,35-36H,3-10,13-14,19-20H2,1-2H3. The van der Waals surface area contributed by atoms with Crippen molar-refractivity contribution < 1.29 is 39.5 Å². The van der Waals surface area contributed by atoms with Gasteiger partial charge in [-0.1, -0.05) is 37.8 Å². The maximum atomic E-state index is 12.2. The highest BCUT2D eigenvalue weighted by Crippen LogP contribution is 2.28. The molecule has 0 aliphatic heterocycles. The molecule has 0 aliphatic rings. The van der Waals surface area contributed by atoms with Gasteiger partial charge in [-0.15, -0.1) is 0 Å². The molecule has 210 valence electrons. The molecule has 8 heteroatoms. The molecule has 2 atom stereocenters. The third-order valence-electron chi connectivity index (χ3n) is 6.62. The van der Waals surface area contributed by atoms with Gasteiger partial charge in [0.2, 0.25) is 0 Å². The molecular formula is C30H42O8. The van der Waals surface area contributed by atoms with Gasteiger partial charge in [0.05, 0.1) is 26.4 Å². The summed E-state index contributed by atoms with van der Waals surface area (Å²) in [6, 6.07) is 10.0. The van der Waals surface area contributed by atoms with Gasteiger partial charge in [-0.3, -0.25) is 9.59 Å². The lowest BCUT2D eigenvalue weighted by Crippen LogP contribution is -2.14. The largest absolute Gasteiger partial charge is 0.504 e. The van der Waals surface area contributed by atoms with Gasteiger partial charge in [0, 0.05) is 25.7 Å². The van der Waals surface area contributed by atoms with Crippen molar-refractivity contribution in [2.24, 2.45) is 0 Å². The summed E-state index contributed by atoms with van der Waals surface area (Å²) in [6.45, 7) is 0. The minimum absolute atomic E-state index is 0.00174. The van der Waals surface area contributed by atoms with Gasteiger partial charge in [-0.2, -0.15) is 0 Å². The number of aliphatic hydroxyl groups excluding tert-OH is 2. The molecule has 4 N–H and O–H groups in total. The van der Waals surface area contributed by atoms with Crippen LogP contribution in [-0.4, -0.2) is 58.4 Å². The number of benzene rings is 2. The number of rotatable bonds is 19. The van der Waals surface area contributed by atoms with Crippen molar-refractivity contribution in [3.63, 3.8) is 0 Å². The van der Waals surface area contributed by atoms with Gasteiger partial charge >= 0.3 is 0 Å². The Labute approximate surface area is 225 Å². The molecule has 2 rings (SSSR count). The van der Waals surface area contributed by atoms with E-state index < -0.39 is 12.2 Å². The van der Waals surface area contributed by atoms with E-state index in [0.29, 0.717) is 50.0 Å². The van der Waals surface area contributed by atoms with Crippen molar-refractivity contribution in [1.29, 1.82) is 0 Å². The molecule has 0 spiro atoms. The van der Waals surface area contributed by atoms with Gasteiger partial charge in [-0.05, 0) is 61.1 Å². The zero-order valence-corrected chi connectivity index (χ0v) is 22.5. The SMILES string of the molecule is COc1cc(CCC(=O)CC(O)CCCCCCC(O)CC(=O)CCc2ccc(O)c(OC)c2)ccc1O. The molecule has 38 heavy (non-hydrogen) atoms. The van der Waals surface area contributed by atoms with Crippen LogP contribution in [0.1, 0.15) is 75.3 Å². The van der Waals surface area contributed by atoms with Crippen molar-refractivity contribution in [1.82, 2.24) is 0 Å². The average molecular weight is 531 g/mol. The molecule has 2 unspecified atom stereocenters. The summed E-state index contributed by atoms with van der Waals surface area (Å²) in [5.41, 5.74) is 1.79. The van der Waals surface area contributed by atoms with E-state index in [1.165, 1.54) is 14.2 Å². The van der Waals surface area contributed by atoms with Crippen LogP contribution in [0, 0.1) is 0 Å². The molecule has 0 radical (unpaired) electrons. The number of ether oxygens (including phenoxy) is 2. The van der Waals surface area contributed by atoms with Gasteiger partial charge < -0.3 is 29.9 Å². The van der Waals surface area contributed by atoms with E-state index in [9.17, 15) is 30.0 Å². The first-order valence-electron chi connectivity index (χ1n) is 13.3. The fourth-order valence-electron chi connectivity index (χ4n) is 4.37. The number of unbranched alkanes of at least 4 members (excludes halogenated alkanes) is 3. The van der Waals surface area contributed by atoms with E-state index in [0.717, 1.165) is 36.8 Å². The minimum Gasteiger partial charge on any atom is -0.504 e. The Balaban J connectivity index is 1.52. The number of hydrogen-bond acceptors (Lipinski definition) is 8. The van der Waals surface area contributed by atoms with E-state index in [1.807, 2.05) is 0 Å². The lowest BCUT2D eigenvalue weighted by Gasteiger charge is -2.12. The molecule has 0 amide bonds. The molecule has 0 bridgehead atoms. The van der Waals surface area contributed by atoms with Crippen molar-refractivity contribution in [3.8, 4) is 23.0 Å². The lowest BCUT2D eigenvalue weighted by molar-refractivity contribution is -0.121. The third-order valence-corrected chi connectivity index (χ3v) is 6.62. The number of ketones is 2. The summed E-state index contributed by atoms with van der Waals surface area (Å²) in [5, 5.41) is 39.7. The van der Waals surface area contributed by atoms with Crippen molar-refractivity contribution >= 4 is 11.6 Å². The predicted octanol–water partition coefficient (Wildman–Crippen LogP) is 4.66. The number of aromatic hydroxyl groups is 2. The number of methoxy groups -OCH3 is 2. The van der Waals surface area contributed by atoms with Crippen LogP contribution in [0.5, 0.6) is 23.0 Å². The first kappa shape index (κ1) is 31.1. The highest BCUT2D eigenvalue weighted by Gasteiger charge is 2.14. The van der Waals surface area contributed by atoms with E-state index in [4.69, 9.17) is 9.47 Å². The second kappa shape index (κ2) is 16.7. The minimum atomic E-state index is -0.659. The Morgan fingerprint density at radius 2 is 1.08 bits per heavy atom. The number of phenolic OH excluding ortho intramolecular Hbond substituents is 2. The van der Waals surface area contributed by atoms with Crippen LogP contribution in [0.3, 0.4) is 0 Å². The Bertz CT molecular complexity index is 938. The predicted molar refractivity (Wildman–Crippen MR) is 145 cm³/mol. The third kappa shape index (κ3) is 11.5. The maximum Gasteiger partial charge on any atom is 0.160 e. The molecule has 2 aromatic rings. The number of carbonyl (C=O) groups is 2. The Morgan fingerprint density at radius 3 is 1.45 bits per heavy atom. The summed E-state index contributed by atoms with van der Waals surface area (Å²) in [5.74, 6) is 0.875. The van der Waals surface area contributed by atoms with Crippen LogP contribution in [-0.2, 0) is 22.4 Å². The summed E-state index contributed by atoms with van der Waals surface area (Å²) in [6.07, 6.45) is 5.14. The Hall–Kier alpha value is -3.10. The second-order valence-corrected chi connectivity index (χ2v) is 9.80. The molecule has 0 saturated carbocycles. The first-order chi connectivity index (χ1) is 18.2. The summed E-state index contributed by atoms with van der Waals surface area (Å²) in [4.78, 5) is 24.4. The number of hydrogen-bond donors (Lipinski definition) is 4. The monoisotopic (exact) mass is 530 g/mol. The second-order valence-electron chi connectivity index (χ2n) is 9.80. The van der Waals surface area contributed by atoms with Crippen LogP contribution in [0.4, 0.5) is 0 Å². The van der Waals surface area contributed by atoms with Crippen LogP contribution in [0.25, 0.3) is 0 Å². The average Bonchev–Trinajstić information content (AvgIpc) is 2.89. The molecule has 0 heterocycles. The van der Waals surface area contributed by atoms with Crippen molar-refractivity contribution in [2.45, 2.75) is 89.3 Å². The van der Waals surface area contributed by atoms with Gasteiger partial charge in [0.15, 0.2) is 23.0 Å². The van der Waals surface area contributed by atoms with Gasteiger partial charge in [-0.25, -0.2) is 0 Å². The van der Waals surface area contributed by atoms with Crippen LogP contribution in [0.2, 0.25) is 0 Å². The van der Waals surface area contributed by atoms with Crippen LogP contribution in [0.15, 0.2) is 36.4 Å². The molecule has 8 nitrogen and oxygen atoms in total. The number of Topliss-reactive ketones (excluding diaryl/α,β-unsaturated/α-hetero) is 2. The van der Waals surface area contributed by atoms with Gasteiger partial charge in [0.25, 0.3) is 0 Å². The fourth-order valence-corrected chi connectivity index (χ4v) is 4.37. The van der Waals surface area contributed by atoms with E-state index in [2.05, 4.69) is 0 Å². The summed E-state index contributed by atoms with van der Waals surface area (Å²) in [7, 11) is 2.95. The normalized spacial score (nSPS) is 12.6. The Kier molecular flexibility index (Phi) is 13.7. The summed E-state index contributed by atoms with van der Waals surface area (Å²) >= 11 is 0. The fraction of sp³-hybridized carbons (Fsp3) is 0.533. The smallest absolute Gasteiger partial charge is 0.160 e. The van der Waals surface area contributed by atoms with Gasteiger partial charge in [0.1, 0.15) is 11.6 Å². The number of aliphatic hydroxyl groups is 2. The highest BCUT2D eigenvalue weighted by molar-refractivity contribution is 5.79. The maximum absolute atomic E-state index is 12.2. The summed E-state index contributed by atoms with van der Waals surface area (Å²) < 4.78 is 10.2. The molecule has 0 saturated heterocycles. The molecular weight excluding hydrogens is 488 g/mol. The quantitative estimate of drug-likeness (QED) is 0.193. The van der Waals surface area contributed by atoms with Crippen LogP contribution < -0.4 is 9.47 Å². The van der Waals surface area contributed by atoms with Crippen molar-refractivity contribution in [2.75, 3.05) is 14.2 Å².